The van der Waals surface area contributed by atoms with Crippen LogP contribution in [0.15, 0.2) is 28.7 Å². The average Bonchev–Trinajstić information content (AvgIpc) is 2.17. The summed E-state index contributed by atoms with van der Waals surface area (Å²) in [5.41, 5.74) is 1.32. The largest absolute Gasteiger partial charge is 0.372 e. The molecule has 0 aliphatic carbocycles. The van der Waals surface area contributed by atoms with Crippen molar-refractivity contribution in [1.29, 1.82) is 0 Å². The minimum absolute atomic E-state index is 1.14. The third-order valence-electron chi connectivity index (χ3n) is 2.16. The van der Waals surface area contributed by atoms with Crippen molar-refractivity contribution in [3.05, 3.63) is 28.7 Å². The summed E-state index contributed by atoms with van der Waals surface area (Å²) >= 11 is 3.51. The number of hydrogen-bond acceptors (Lipinski definition) is 1. The summed E-state index contributed by atoms with van der Waals surface area (Å²) in [5.74, 6) is 0. The third kappa shape index (κ3) is 3.33. The summed E-state index contributed by atoms with van der Waals surface area (Å²) in [4.78, 5) is 2.44. The molecule has 14 heavy (non-hydrogen) atoms. The van der Waals surface area contributed by atoms with E-state index in [1.54, 1.807) is 0 Å². The molecule has 1 aromatic rings. The van der Waals surface area contributed by atoms with Crippen molar-refractivity contribution in [1.82, 2.24) is 0 Å². The van der Waals surface area contributed by atoms with Gasteiger partial charge in [0.25, 0.3) is 0 Å². The highest BCUT2D eigenvalue weighted by atomic mass is 79.9. The van der Waals surface area contributed by atoms with E-state index in [9.17, 15) is 0 Å². The van der Waals surface area contributed by atoms with Crippen LogP contribution in [-0.2, 0) is 0 Å². The molecule has 1 nitrogen and oxygen atoms in total. The zero-order chi connectivity index (χ0) is 10.4. The lowest BCUT2D eigenvalue weighted by Gasteiger charge is -2.23. The van der Waals surface area contributed by atoms with E-state index < -0.39 is 0 Å². The Labute approximate surface area is 95.2 Å². The monoisotopic (exact) mass is 255 g/mol. The van der Waals surface area contributed by atoms with Crippen molar-refractivity contribution >= 4 is 21.6 Å². The van der Waals surface area contributed by atoms with Crippen LogP contribution in [0, 0.1) is 0 Å². The van der Waals surface area contributed by atoms with Gasteiger partial charge in [-0.3, -0.25) is 0 Å². The van der Waals surface area contributed by atoms with Gasteiger partial charge in [-0.15, -0.1) is 0 Å². The van der Waals surface area contributed by atoms with Crippen molar-refractivity contribution in [3.8, 4) is 0 Å². The van der Waals surface area contributed by atoms with Gasteiger partial charge in [-0.05, 0) is 31.0 Å². The number of halogens is 1. The molecule has 0 aromatic heterocycles. The Hall–Kier alpha value is -0.500. The fraction of sp³-hybridized carbons (Fsp3) is 0.500. The quantitative estimate of drug-likeness (QED) is 0.767. The lowest BCUT2D eigenvalue weighted by Crippen LogP contribution is -2.24. The maximum atomic E-state index is 3.51. The Bertz CT molecular complexity index is 267. The van der Waals surface area contributed by atoms with Crippen LogP contribution in [0.25, 0.3) is 0 Å². The molecular formula is C12H18BrN. The molecule has 0 atom stereocenters. The van der Waals surface area contributed by atoms with Crippen molar-refractivity contribution in [2.75, 3.05) is 18.0 Å². The van der Waals surface area contributed by atoms with E-state index in [-0.39, 0.29) is 0 Å². The Balaban J connectivity index is 2.75. The minimum atomic E-state index is 1.14. The molecule has 0 saturated carbocycles. The molecular weight excluding hydrogens is 238 g/mol. The van der Waals surface area contributed by atoms with Crippen molar-refractivity contribution in [2.24, 2.45) is 0 Å². The summed E-state index contributed by atoms with van der Waals surface area (Å²) in [6, 6.07) is 8.53. The lowest BCUT2D eigenvalue weighted by molar-refractivity contribution is 0.745. The summed E-state index contributed by atoms with van der Waals surface area (Å²) in [7, 11) is 0. The van der Waals surface area contributed by atoms with Gasteiger partial charge in [-0.1, -0.05) is 35.8 Å². The van der Waals surface area contributed by atoms with E-state index in [1.807, 2.05) is 0 Å². The smallest absolute Gasteiger partial charge is 0.0377 e. The Kier molecular flexibility index (Phi) is 5.02. The SMILES string of the molecule is CCCN(CCC)c1cccc(Br)c1. The summed E-state index contributed by atoms with van der Waals surface area (Å²) in [6.45, 7) is 6.73. The van der Waals surface area contributed by atoms with Gasteiger partial charge in [0.1, 0.15) is 0 Å². The molecule has 0 spiro atoms. The highest BCUT2D eigenvalue weighted by Gasteiger charge is 2.03. The van der Waals surface area contributed by atoms with Gasteiger partial charge >= 0.3 is 0 Å². The fourth-order valence-electron chi connectivity index (χ4n) is 1.58. The number of hydrogen-bond donors (Lipinski definition) is 0. The van der Waals surface area contributed by atoms with E-state index in [2.05, 4.69) is 58.9 Å². The van der Waals surface area contributed by atoms with E-state index in [0.717, 1.165) is 17.6 Å². The molecule has 1 aromatic carbocycles. The molecule has 0 saturated heterocycles. The highest BCUT2D eigenvalue weighted by molar-refractivity contribution is 9.10. The van der Waals surface area contributed by atoms with E-state index in [4.69, 9.17) is 0 Å². The lowest BCUT2D eigenvalue weighted by atomic mass is 10.2. The normalized spacial score (nSPS) is 10.2. The van der Waals surface area contributed by atoms with Crippen LogP contribution in [0.2, 0.25) is 0 Å². The molecule has 0 radical (unpaired) electrons. The molecule has 0 fully saturated rings. The predicted molar refractivity (Wildman–Crippen MR) is 66.9 cm³/mol. The van der Waals surface area contributed by atoms with Crippen molar-refractivity contribution in [2.45, 2.75) is 26.7 Å². The average molecular weight is 256 g/mol. The van der Waals surface area contributed by atoms with E-state index >= 15 is 0 Å². The number of anilines is 1. The number of nitrogens with zero attached hydrogens (tertiary/aromatic N) is 1. The van der Waals surface area contributed by atoms with Crippen LogP contribution in [0.3, 0.4) is 0 Å². The molecule has 0 unspecified atom stereocenters. The zero-order valence-electron chi connectivity index (χ0n) is 8.96. The second-order valence-electron chi connectivity index (χ2n) is 3.47. The van der Waals surface area contributed by atoms with Gasteiger partial charge < -0.3 is 4.90 Å². The van der Waals surface area contributed by atoms with Gasteiger partial charge in [-0.25, -0.2) is 0 Å². The van der Waals surface area contributed by atoms with Crippen molar-refractivity contribution < 1.29 is 0 Å². The van der Waals surface area contributed by atoms with E-state index in [0.29, 0.717) is 0 Å². The van der Waals surface area contributed by atoms with Crippen LogP contribution < -0.4 is 4.90 Å². The summed E-state index contributed by atoms with van der Waals surface area (Å²) in [6.07, 6.45) is 2.40. The first-order chi connectivity index (χ1) is 6.77. The van der Waals surface area contributed by atoms with Gasteiger partial charge in [0, 0.05) is 23.2 Å². The number of benzene rings is 1. The Morgan fingerprint density at radius 1 is 1.14 bits per heavy atom. The Morgan fingerprint density at radius 2 is 1.79 bits per heavy atom. The summed E-state index contributed by atoms with van der Waals surface area (Å²) in [5, 5.41) is 0. The first-order valence-corrected chi connectivity index (χ1v) is 6.07. The maximum Gasteiger partial charge on any atom is 0.0377 e. The fourth-order valence-corrected chi connectivity index (χ4v) is 1.97. The van der Waals surface area contributed by atoms with Gasteiger partial charge in [0.15, 0.2) is 0 Å². The number of rotatable bonds is 5. The molecule has 0 bridgehead atoms. The van der Waals surface area contributed by atoms with Crippen LogP contribution in [0.4, 0.5) is 5.69 Å². The van der Waals surface area contributed by atoms with Crippen LogP contribution in [0.1, 0.15) is 26.7 Å². The topological polar surface area (TPSA) is 3.24 Å². The minimum Gasteiger partial charge on any atom is -0.372 e. The Morgan fingerprint density at radius 3 is 2.29 bits per heavy atom. The molecule has 2 heteroatoms. The van der Waals surface area contributed by atoms with Gasteiger partial charge in [0.05, 0.1) is 0 Å². The second-order valence-corrected chi connectivity index (χ2v) is 4.38. The van der Waals surface area contributed by atoms with E-state index in [1.165, 1.54) is 18.5 Å². The zero-order valence-corrected chi connectivity index (χ0v) is 10.5. The highest BCUT2D eigenvalue weighted by Crippen LogP contribution is 2.20. The molecule has 0 aliphatic heterocycles. The molecule has 0 aliphatic rings. The third-order valence-corrected chi connectivity index (χ3v) is 2.65. The predicted octanol–water partition coefficient (Wildman–Crippen LogP) is 4.08. The van der Waals surface area contributed by atoms with Gasteiger partial charge in [-0.2, -0.15) is 0 Å². The molecule has 0 amide bonds. The standard InChI is InChI=1S/C12H18BrN/c1-3-8-14(9-4-2)12-7-5-6-11(13)10-12/h5-7,10H,3-4,8-9H2,1-2H3. The molecule has 1 rings (SSSR count). The summed E-state index contributed by atoms with van der Waals surface area (Å²) < 4.78 is 1.16. The van der Waals surface area contributed by atoms with Crippen molar-refractivity contribution in [3.63, 3.8) is 0 Å². The van der Waals surface area contributed by atoms with Gasteiger partial charge in [0.2, 0.25) is 0 Å². The van der Waals surface area contributed by atoms with Crippen LogP contribution >= 0.6 is 15.9 Å². The first-order valence-electron chi connectivity index (χ1n) is 5.28. The molecule has 78 valence electrons. The molecule has 0 N–H and O–H groups in total. The first kappa shape index (κ1) is 11.6. The molecule has 0 heterocycles. The maximum absolute atomic E-state index is 3.51. The second kappa shape index (κ2) is 6.07. The van der Waals surface area contributed by atoms with Crippen LogP contribution in [0.5, 0.6) is 0 Å². The van der Waals surface area contributed by atoms with Crippen LogP contribution in [-0.4, -0.2) is 13.1 Å².